The van der Waals surface area contributed by atoms with Crippen LogP contribution in [0.4, 0.5) is 5.69 Å². The number of H-pyrrole nitrogens is 1. The number of nitrogens with one attached hydrogen (secondary N) is 1. The molecule has 0 saturated carbocycles. The molecule has 2 aromatic carbocycles. The van der Waals surface area contributed by atoms with Crippen LogP contribution in [0.25, 0.3) is 5.78 Å². The number of carbonyl (C=O) groups is 1. The molecule has 0 aliphatic heterocycles. The molecule has 0 atom stereocenters. The van der Waals surface area contributed by atoms with E-state index in [1.54, 1.807) is 60.4 Å². The Morgan fingerprint density at radius 1 is 1.11 bits per heavy atom. The summed E-state index contributed by atoms with van der Waals surface area (Å²) < 4.78 is 1.26. The number of nitrogens with zero attached hydrogens (tertiary/aromatic N) is 4. The van der Waals surface area contributed by atoms with Gasteiger partial charge in [-0.2, -0.15) is 9.50 Å². The van der Waals surface area contributed by atoms with E-state index in [9.17, 15) is 9.59 Å². The van der Waals surface area contributed by atoms with Gasteiger partial charge in [-0.05, 0) is 43.3 Å². The molecule has 2 aromatic heterocycles. The van der Waals surface area contributed by atoms with Gasteiger partial charge >= 0.3 is 0 Å². The molecule has 0 radical (unpaired) electrons. The quantitative estimate of drug-likeness (QED) is 0.577. The van der Waals surface area contributed by atoms with Gasteiger partial charge in [-0.15, -0.1) is 0 Å². The van der Waals surface area contributed by atoms with Crippen molar-refractivity contribution in [2.75, 3.05) is 4.90 Å². The maximum atomic E-state index is 13.1. The topological polar surface area (TPSA) is 83.4 Å². The molecule has 2 heterocycles. The number of aromatic nitrogens is 4. The van der Waals surface area contributed by atoms with E-state index in [0.29, 0.717) is 27.8 Å². The lowest BCUT2D eigenvalue weighted by Gasteiger charge is -2.22. The molecule has 7 nitrogen and oxygen atoms in total. The van der Waals surface area contributed by atoms with Gasteiger partial charge in [0.05, 0.1) is 6.54 Å². The van der Waals surface area contributed by atoms with E-state index < -0.39 is 0 Å². The van der Waals surface area contributed by atoms with Crippen molar-refractivity contribution in [3.05, 3.63) is 93.1 Å². The third-order valence-corrected chi connectivity index (χ3v) is 4.47. The van der Waals surface area contributed by atoms with E-state index in [2.05, 4.69) is 15.1 Å². The summed E-state index contributed by atoms with van der Waals surface area (Å²) in [4.78, 5) is 35.4. The van der Waals surface area contributed by atoms with Crippen LogP contribution in [0.1, 0.15) is 21.9 Å². The summed E-state index contributed by atoms with van der Waals surface area (Å²) in [7, 11) is 0. The molecule has 0 fully saturated rings. The maximum Gasteiger partial charge on any atom is 0.274 e. The molecule has 0 unspecified atom stereocenters. The van der Waals surface area contributed by atoms with E-state index in [1.807, 2.05) is 6.07 Å². The predicted octanol–water partition coefficient (Wildman–Crippen LogP) is 3.23. The molecule has 1 amide bonds. The molecule has 4 aromatic rings. The van der Waals surface area contributed by atoms with Crippen LogP contribution >= 0.6 is 11.6 Å². The average Bonchev–Trinajstić information content (AvgIpc) is 3.10. The second kappa shape index (κ2) is 7.28. The van der Waals surface area contributed by atoms with Gasteiger partial charge in [0.25, 0.3) is 17.2 Å². The number of aryl methyl sites for hydroxylation is 1. The number of fused-ring (bicyclic) bond motifs is 1. The number of hydrogen-bond donors (Lipinski definition) is 1. The second-order valence-corrected chi connectivity index (χ2v) is 6.71. The fourth-order valence-electron chi connectivity index (χ4n) is 2.90. The number of rotatable bonds is 4. The van der Waals surface area contributed by atoms with Crippen LogP contribution in [-0.2, 0) is 6.54 Å². The van der Waals surface area contributed by atoms with Gasteiger partial charge < -0.3 is 4.90 Å². The van der Waals surface area contributed by atoms with Crippen LogP contribution in [0.3, 0.4) is 0 Å². The van der Waals surface area contributed by atoms with E-state index >= 15 is 0 Å². The van der Waals surface area contributed by atoms with Crippen molar-refractivity contribution in [1.82, 2.24) is 19.6 Å². The Labute approximate surface area is 165 Å². The molecule has 0 aliphatic rings. The van der Waals surface area contributed by atoms with Crippen molar-refractivity contribution >= 4 is 29.0 Å². The van der Waals surface area contributed by atoms with Crippen LogP contribution in [0.2, 0.25) is 5.02 Å². The van der Waals surface area contributed by atoms with Crippen molar-refractivity contribution in [2.45, 2.75) is 13.5 Å². The Morgan fingerprint density at radius 3 is 2.54 bits per heavy atom. The van der Waals surface area contributed by atoms with Crippen LogP contribution in [0.15, 0.2) is 65.5 Å². The minimum Gasteiger partial charge on any atom is -0.301 e. The second-order valence-electron chi connectivity index (χ2n) is 6.28. The zero-order valence-corrected chi connectivity index (χ0v) is 15.7. The van der Waals surface area contributed by atoms with E-state index in [-0.39, 0.29) is 23.8 Å². The number of anilines is 1. The van der Waals surface area contributed by atoms with Gasteiger partial charge in [-0.3, -0.25) is 14.7 Å². The van der Waals surface area contributed by atoms with E-state index in [4.69, 9.17) is 11.6 Å². The number of benzene rings is 2. The highest BCUT2D eigenvalue weighted by atomic mass is 35.5. The van der Waals surface area contributed by atoms with Crippen molar-refractivity contribution in [3.63, 3.8) is 0 Å². The first-order valence-corrected chi connectivity index (χ1v) is 8.97. The molecular formula is C20H16ClN5O2. The molecule has 0 spiro atoms. The standard InChI is InChI=1S/C20H16ClN5O2/c1-13-11-18(27)26-20(22-13)23-17(24-26)12-25(16-9-7-15(21)8-10-16)19(28)14-5-3-2-4-6-14/h2-11H,12H2,1H3,(H,22,23,24). The number of carbonyl (C=O) groups excluding carboxylic acids is 1. The summed E-state index contributed by atoms with van der Waals surface area (Å²) in [5, 5.41) is 3.49. The van der Waals surface area contributed by atoms with Gasteiger partial charge in [0, 0.05) is 28.0 Å². The highest BCUT2D eigenvalue weighted by molar-refractivity contribution is 6.30. The van der Waals surface area contributed by atoms with Gasteiger partial charge in [-0.25, -0.2) is 4.98 Å². The minimum atomic E-state index is -0.256. The average molecular weight is 394 g/mol. The van der Waals surface area contributed by atoms with Crippen molar-refractivity contribution in [1.29, 1.82) is 0 Å². The first-order chi connectivity index (χ1) is 13.5. The zero-order valence-electron chi connectivity index (χ0n) is 15.0. The lowest BCUT2D eigenvalue weighted by molar-refractivity contribution is 0.0984. The number of aromatic amines is 1. The largest absolute Gasteiger partial charge is 0.301 e. The molecule has 0 bridgehead atoms. The highest BCUT2D eigenvalue weighted by Crippen LogP contribution is 2.22. The fraction of sp³-hybridized carbons (Fsp3) is 0.100. The number of halogens is 1. The minimum absolute atomic E-state index is 0.136. The molecule has 140 valence electrons. The Kier molecular flexibility index (Phi) is 4.67. The first kappa shape index (κ1) is 17.9. The fourth-order valence-corrected chi connectivity index (χ4v) is 3.02. The molecule has 8 heteroatoms. The Morgan fingerprint density at radius 2 is 1.82 bits per heavy atom. The first-order valence-electron chi connectivity index (χ1n) is 8.59. The monoisotopic (exact) mass is 393 g/mol. The third kappa shape index (κ3) is 3.52. The van der Waals surface area contributed by atoms with Crippen LogP contribution < -0.4 is 10.5 Å². The Bertz CT molecular complexity index is 1200. The summed E-state index contributed by atoms with van der Waals surface area (Å²) in [6.45, 7) is 1.87. The van der Waals surface area contributed by atoms with E-state index in [0.717, 1.165) is 0 Å². The third-order valence-electron chi connectivity index (χ3n) is 4.22. The maximum absolute atomic E-state index is 13.1. The summed E-state index contributed by atoms with van der Waals surface area (Å²) in [5.41, 5.74) is 1.53. The predicted molar refractivity (Wildman–Crippen MR) is 107 cm³/mol. The van der Waals surface area contributed by atoms with Crippen molar-refractivity contribution in [3.8, 4) is 0 Å². The molecule has 0 aliphatic carbocycles. The van der Waals surface area contributed by atoms with Crippen LogP contribution in [0.5, 0.6) is 0 Å². The molecular weight excluding hydrogens is 378 g/mol. The van der Waals surface area contributed by atoms with Crippen molar-refractivity contribution < 1.29 is 4.79 Å². The molecule has 0 saturated heterocycles. The zero-order chi connectivity index (χ0) is 19.7. The highest BCUT2D eigenvalue weighted by Gasteiger charge is 2.20. The van der Waals surface area contributed by atoms with Gasteiger partial charge in [0.2, 0.25) is 0 Å². The van der Waals surface area contributed by atoms with Crippen LogP contribution in [-0.4, -0.2) is 25.5 Å². The molecule has 28 heavy (non-hydrogen) atoms. The normalized spacial score (nSPS) is 10.9. The van der Waals surface area contributed by atoms with Crippen LogP contribution in [0, 0.1) is 6.92 Å². The molecule has 1 N–H and O–H groups in total. The van der Waals surface area contributed by atoms with Crippen molar-refractivity contribution in [2.24, 2.45) is 0 Å². The summed E-state index contributed by atoms with van der Waals surface area (Å²) in [5.74, 6) is 0.512. The molecule has 4 rings (SSSR count). The Hall–Kier alpha value is -3.45. The lowest BCUT2D eigenvalue weighted by Crippen LogP contribution is -2.31. The van der Waals surface area contributed by atoms with Gasteiger partial charge in [0.15, 0.2) is 0 Å². The smallest absolute Gasteiger partial charge is 0.274 e. The number of hydrogen-bond acceptors (Lipinski definition) is 4. The van der Waals surface area contributed by atoms with Gasteiger partial charge in [-0.1, -0.05) is 29.8 Å². The lowest BCUT2D eigenvalue weighted by atomic mass is 10.2. The SMILES string of the molecule is Cc1cc(=O)n2[nH]c(CN(C(=O)c3ccccc3)c3ccc(Cl)cc3)nc2n1. The number of amides is 1. The summed E-state index contributed by atoms with van der Waals surface area (Å²) >= 11 is 5.99. The summed E-state index contributed by atoms with van der Waals surface area (Å²) in [6, 6.07) is 17.3. The Balaban J connectivity index is 1.75. The van der Waals surface area contributed by atoms with Gasteiger partial charge in [0.1, 0.15) is 5.82 Å². The summed E-state index contributed by atoms with van der Waals surface area (Å²) in [6.07, 6.45) is 0. The van der Waals surface area contributed by atoms with E-state index in [1.165, 1.54) is 10.6 Å².